The molecule has 1 aliphatic rings. The average molecular weight is 225 g/mol. The maximum absolute atomic E-state index is 5.46. The van der Waals surface area contributed by atoms with Crippen molar-refractivity contribution >= 4 is 6.01 Å². The molecule has 0 radical (unpaired) electrons. The van der Waals surface area contributed by atoms with E-state index in [9.17, 15) is 0 Å². The monoisotopic (exact) mass is 225 g/mol. The second-order valence-corrected chi connectivity index (χ2v) is 4.26. The molecule has 5 nitrogen and oxygen atoms in total. The van der Waals surface area contributed by atoms with Gasteiger partial charge in [-0.25, -0.2) is 0 Å². The van der Waals surface area contributed by atoms with E-state index in [-0.39, 0.29) is 0 Å². The fourth-order valence-electron chi connectivity index (χ4n) is 1.59. The third-order valence-corrected chi connectivity index (χ3v) is 2.51. The summed E-state index contributed by atoms with van der Waals surface area (Å²) in [7, 11) is 0. The zero-order chi connectivity index (χ0) is 11.4. The zero-order valence-corrected chi connectivity index (χ0v) is 9.90. The molecule has 0 unspecified atom stereocenters. The van der Waals surface area contributed by atoms with Gasteiger partial charge >= 0.3 is 0 Å². The molecule has 1 N–H and O–H groups in total. The van der Waals surface area contributed by atoms with Crippen molar-refractivity contribution < 1.29 is 9.15 Å². The zero-order valence-electron chi connectivity index (χ0n) is 9.90. The van der Waals surface area contributed by atoms with Gasteiger partial charge in [0.2, 0.25) is 0 Å². The maximum Gasteiger partial charge on any atom is 0.297 e. The van der Waals surface area contributed by atoms with Gasteiger partial charge in [0.15, 0.2) is 0 Å². The molecule has 90 valence electrons. The summed E-state index contributed by atoms with van der Waals surface area (Å²) in [4.78, 5) is 6.56. The van der Waals surface area contributed by atoms with Crippen molar-refractivity contribution in [3.8, 4) is 0 Å². The molecular weight excluding hydrogens is 206 g/mol. The van der Waals surface area contributed by atoms with Crippen LogP contribution >= 0.6 is 0 Å². The van der Waals surface area contributed by atoms with Gasteiger partial charge in [0.05, 0.1) is 18.9 Å². The fraction of sp³-hybridized carbons (Fsp3) is 0.727. The van der Waals surface area contributed by atoms with E-state index >= 15 is 0 Å². The van der Waals surface area contributed by atoms with Crippen LogP contribution in [0.25, 0.3) is 0 Å². The molecule has 5 heteroatoms. The van der Waals surface area contributed by atoms with Crippen LogP contribution < -0.4 is 10.2 Å². The first-order chi connectivity index (χ1) is 7.75. The van der Waals surface area contributed by atoms with Gasteiger partial charge in [-0.15, -0.1) is 0 Å². The van der Waals surface area contributed by atoms with E-state index in [4.69, 9.17) is 9.15 Å². The van der Waals surface area contributed by atoms with E-state index in [0.29, 0.717) is 12.1 Å². The lowest BCUT2D eigenvalue weighted by molar-refractivity contribution is 0.120. The Balaban J connectivity index is 1.90. The van der Waals surface area contributed by atoms with Gasteiger partial charge in [-0.1, -0.05) is 13.8 Å². The van der Waals surface area contributed by atoms with Crippen LogP contribution in [0.2, 0.25) is 0 Å². The molecule has 0 atom stereocenters. The average Bonchev–Trinajstić information content (AvgIpc) is 2.76. The van der Waals surface area contributed by atoms with Crippen LogP contribution in [0.15, 0.2) is 10.7 Å². The Morgan fingerprint density at radius 3 is 2.88 bits per heavy atom. The molecule has 0 saturated carbocycles. The van der Waals surface area contributed by atoms with E-state index in [1.54, 1.807) is 6.26 Å². The van der Waals surface area contributed by atoms with Crippen molar-refractivity contribution in [2.45, 2.75) is 26.4 Å². The molecule has 1 aromatic rings. The highest BCUT2D eigenvalue weighted by atomic mass is 16.5. The standard InChI is InChI=1S/C11H19N3O2/c1-9(2)12-7-10-8-16-11(13-10)14-3-5-15-6-4-14/h8-9,12H,3-7H2,1-2H3. The van der Waals surface area contributed by atoms with Gasteiger partial charge in [-0.3, -0.25) is 0 Å². The minimum Gasteiger partial charge on any atom is -0.432 e. The number of ether oxygens (including phenoxy) is 1. The molecule has 2 rings (SSSR count). The predicted octanol–water partition coefficient (Wildman–Crippen LogP) is 1.01. The summed E-state index contributed by atoms with van der Waals surface area (Å²) in [5.41, 5.74) is 0.954. The van der Waals surface area contributed by atoms with Crippen molar-refractivity contribution in [2.75, 3.05) is 31.2 Å². The summed E-state index contributed by atoms with van der Waals surface area (Å²) < 4.78 is 10.7. The molecule has 0 bridgehead atoms. The molecule has 0 spiro atoms. The molecule has 16 heavy (non-hydrogen) atoms. The minimum atomic E-state index is 0.462. The third kappa shape index (κ3) is 2.96. The minimum absolute atomic E-state index is 0.462. The van der Waals surface area contributed by atoms with Crippen LogP contribution in [-0.2, 0) is 11.3 Å². The van der Waals surface area contributed by atoms with Gasteiger partial charge in [0.1, 0.15) is 6.26 Å². The normalized spacial score (nSPS) is 17.1. The number of nitrogens with one attached hydrogen (secondary N) is 1. The van der Waals surface area contributed by atoms with Crippen molar-refractivity contribution in [3.05, 3.63) is 12.0 Å². The first-order valence-electron chi connectivity index (χ1n) is 5.76. The number of aromatic nitrogens is 1. The molecule has 0 amide bonds. The lowest BCUT2D eigenvalue weighted by Gasteiger charge is -2.24. The maximum atomic E-state index is 5.46. The van der Waals surface area contributed by atoms with Gasteiger partial charge in [-0.2, -0.15) is 4.98 Å². The Morgan fingerprint density at radius 2 is 2.19 bits per heavy atom. The first kappa shape index (κ1) is 11.4. The lowest BCUT2D eigenvalue weighted by atomic mass is 10.4. The van der Waals surface area contributed by atoms with E-state index < -0.39 is 0 Å². The number of morpholine rings is 1. The van der Waals surface area contributed by atoms with Gasteiger partial charge in [-0.05, 0) is 0 Å². The number of hydrogen-bond donors (Lipinski definition) is 1. The molecule has 1 fully saturated rings. The van der Waals surface area contributed by atoms with E-state index in [2.05, 4.69) is 29.0 Å². The van der Waals surface area contributed by atoms with Crippen molar-refractivity contribution in [1.29, 1.82) is 0 Å². The summed E-state index contributed by atoms with van der Waals surface area (Å²) in [6, 6.07) is 1.17. The SMILES string of the molecule is CC(C)NCc1coc(N2CCOCC2)n1. The highest BCUT2D eigenvalue weighted by Gasteiger charge is 2.16. The highest BCUT2D eigenvalue weighted by Crippen LogP contribution is 2.14. The summed E-state index contributed by atoms with van der Waals surface area (Å²) in [6.45, 7) is 8.20. The Hall–Kier alpha value is -1.07. The summed E-state index contributed by atoms with van der Waals surface area (Å²) in [5.74, 6) is 0. The van der Waals surface area contributed by atoms with Crippen LogP contribution in [-0.4, -0.2) is 37.3 Å². The Bertz CT molecular complexity index is 319. The van der Waals surface area contributed by atoms with E-state index in [1.165, 1.54) is 0 Å². The largest absolute Gasteiger partial charge is 0.432 e. The number of oxazole rings is 1. The second kappa shape index (κ2) is 5.32. The smallest absolute Gasteiger partial charge is 0.297 e. The van der Waals surface area contributed by atoms with Crippen molar-refractivity contribution in [3.63, 3.8) is 0 Å². The van der Waals surface area contributed by atoms with E-state index in [0.717, 1.165) is 38.5 Å². The van der Waals surface area contributed by atoms with Crippen LogP contribution in [0.4, 0.5) is 6.01 Å². The quantitative estimate of drug-likeness (QED) is 0.828. The number of nitrogens with zero attached hydrogens (tertiary/aromatic N) is 2. The Morgan fingerprint density at radius 1 is 1.44 bits per heavy atom. The summed E-state index contributed by atoms with van der Waals surface area (Å²) in [5, 5.41) is 3.31. The van der Waals surface area contributed by atoms with Gasteiger partial charge in [0, 0.05) is 25.7 Å². The Labute approximate surface area is 95.8 Å². The lowest BCUT2D eigenvalue weighted by Crippen LogP contribution is -2.36. The van der Waals surface area contributed by atoms with Crippen LogP contribution in [0.3, 0.4) is 0 Å². The molecular formula is C11H19N3O2. The number of hydrogen-bond acceptors (Lipinski definition) is 5. The van der Waals surface area contributed by atoms with Gasteiger partial charge in [0.25, 0.3) is 6.01 Å². The number of anilines is 1. The third-order valence-electron chi connectivity index (χ3n) is 2.51. The van der Waals surface area contributed by atoms with Crippen LogP contribution in [0.5, 0.6) is 0 Å². The molecule has 1 aromatic heterocycles. The van der Waals surface area contributed by atoms with Crippen molar-refractivity contribution in [2.24, 2.45) is 0 Å². The summed E-state index contributed by atoms with van der Waals surface area (Å²) in [6.07, 6.45) is 1.72. The van der Waals surface area contributed by atoms with E-state index in [1.807, 2.05) is 0 Å². The highest BCUT2D eigenvalue weighted by molar-refractivity contribution is 5.27. The van der Waals surface area contributed by atoms with Gasteiger partial charge < -0.3 is 19.4 Å². The van der Waals surface area contributed by atoms with Crippen LogP contribution in [0, 0.1) is 0 Å². The predicted molar refractivity (Wildman–Crippen MR) is 61.5 cm³/mol. The summed E-state index contributed by atoms with van der Waals surface area (Å²) >= 11 is 0. The first-order valence-corrected chi connectivity index (χ1v) is 5.76. The second-order valence-electron chi connectivity index (χ2n) is 4.26. The molecule has 1 aliphatic heterocycles. The molecule has 1 saturated heterocycles. The fourth-order valence-corrected chi connectivity index (χ4v) is 1.59. The number of rotatable bonds is 4. The molecule has 0 aliphatic carbocycles. The molecule has 2 heterocycles. The molecule has 0 aromatic carbocycles. The van der Waals surface area contributed by atoms with Crippen LogP contribution in [0.1, 0.15) is 19.5 Å². The Kier molecular flexibility index (Phi) is 3.79. The topological polar surface area (TPSA) is 50.5 Å². The van der Waals surface area contributed by atoms with Crippen molar-refractivity contribution in [1.82, 2.24) is 10.3 Å².